The zero-order valence-corrected chi connectivity index (χ0v) is 52.8. The molecule has 2 heterocycles. The highest BCUT2D eigenvalue weighted by Gasteiger charge is 2.48. The van der Waals surface area contributed by atoms with Gasteiger partial charge in [-0.2, -0.15) is 0 Å². The Bertz CT molecular complexity index is 3240. The van der Waals surface area contributed by atoms with Gasteiger partial charge in [0, 0.05) is 53.7 Å². The zero-order valence-electron chi connectivity index (χ0n) is 52.0. The van der Waals surface area contributed by atoms with Crippen molar-refractivity contribution in [1.82, 2.24) is 52.3 Å². The number of anilines is 1. The van der Waals surface area contributed by atoms with Crippen molar-refractivity contribution in [1.29, 1.82) is 0 Å². The maximum absolute atomic E-state index is 15.4. The Morgan fingerprint density at radius 1 is 0.625 bits per heavy atom. The molecule has 0 spiro atoms. The summed E-state index contributed by atoms with van der Waals surface area (Å²) in [5, 5.41) is 36.1. The summed E-state index contributed by atoms with van der Waals surface area (Å²) in [7, 11) is 3.27. The van der Waals surface area contributed by atoms with E-state index in [2.05, 4.69) is 60.0 Å². The molecule has 2 aliphatic carbocycles. The van der Waals surface area contributed by atoms with Crippen LogP contribution in [0.1, 0.15) is 147 Å². The molecule has 0 radical (unpaired) electrons. The minimum absolute atomic E-state index is 0.00143. The number of hydrogen-bond acceptors (Lipinski definition) is 13. The Labute approximate surface area is 520 Å². The molecule has 9 amide bonds. The molecular weight excluding hydrogens is 1140 g/mol. The van der Waals surface area contributed by atoms with E-state index < -0.39 is 82.0 Å². The molecule has 472 valence electrons. The molecule has 4 aromatic carbocycles. The van der Waals surface area contributed by atoms with Gasteiger partial charge in [-0.25, -0.2) is 0 Å². The molecule has 88 heavy (non-hydrogen) atoms. The number of rotatable bonds is 22. The number of fused-ring (bicyclic) bond motifs is 3. The molecule has 22 heteroatoms. The van der Waals surface area contributed by atoms with Crippen molar-refractivity contribution in [3.63, 3.8) is 0 Å². The highest BCUT2D eigenvalue weighted by atomic mass is 32.2. The summed E-state index contributed by atoms with van der Waals surface area (Å²) in [6.45, 7) is 12.1. The average molecular weight is 1230 g/mol. The predicted molar refractivity (Wildman–Crippen MR) is 338 cm³/mol. The Kier molecular flexibility index (Phi) is 21.9. The molecule has 4 aliphatic rings. The zero-order chi connectivity index (χ0) is 63.6. The molecule has 1 fully saturated rings. The second-order valence-electron chi connectivity index (χ2n) is 25.2. The lowest BCUT2D eigenvalue weighted by Crippen LogP contribution is -2.63. The first-order chi connectivity index (χ1) is 41.9. The fourth-order valence-electron chi connectivity index (χ4n) is 12.0. The van der Waals surface area contributed by atoms with E-state index in [1.165, 1.54) is 34.1 Å². The minimum atomic E-state index is -1.23. The Hall–Kier alpha value is -7.66. The molecule has 4 aromatic rings. The Morgan fingerprint density at radius 3 is 1.72 bits per heavy atom. The monoisotopic (exact) mass is 1230 g/mol. The van der Waals surface area contributed by atoms with E-state index in [9.17, 15) is 43.5 Å². The lowest BCUT2D eigenvalue weighted by atomic mass is 9.85. The fraction of sp³-hybridized carbons (Fsp3) is 0.500. The number of nitrogens with one attached hydrogen (secondary N) is 9. The van der Waals surface area contributed by atoms with Crippen LogP contribution in [0.25, 0.3) is 0 Å². The number of benzene rings is 4. The molecule has 0 unspecified atom stereocenters. The first-order valence-electron chi connectivity index (χ1n) is 30.6. The van der Waals surface area contributed by atoms with Crippen LogP contribution in [-0.2, 0) is 59.4 Å². The normalized spacial score (nSPS) is 20.3. The number of amides is 9. The molecule has 0 aromatic heterocycles. The van der Waals surface area contributed by atoms with E-state index in [0.29, 0.717) is 17.7 Å². The van der Waals surface area contributed by atoms with Crippen molar-refractivity contribution in [3.8, 4) is 0 Å². The van der Waals surface area contributed by atoms with Gasteiger partial charge in [0.15, 0.2) is 0 Å². The second-order valence-corrected chi connectivity index (χ2v) is 26.8. The highest BCUT2D eigenvalue weighted by Crippen LogP contribution is 2.36. The van der Waals surface area contributed by atoms with Crippen LogP contribution in [0.4, 0.5) is 5.69 Å². The van der Waals surface area contributed by atoms with E-state index in [4.69, 9.17) is 0 Å². The number of hydrogen-bond donors (Lipinski definition) is 10. The SMILES string of the molecule is CN[C@@H](C)C(=O)N[C@H](C(=O)N1C[C@@H](NC(=O)c2ccc(C(=O)Nc3ccc4c(c3)CN(C(=O)[C@@H](NC(=O)[C@H](C)NC)C(C)(C)SCC(=O)NCCO)[C@H](C(=O)N[C@@H]3CCCc5ccccc53)C4)cc2)C[C@H]1C(=O)N[C@@H]1CCCc2ccccc21)C(C)(C)C. The van der Waals surface area contributed by atoms with Gasteiger partial charge in [0.05, 0.1) is 36.5 Å². The number of carbonyl (C=O) groups excluding carboxylic acids is 9. The van der Waals surface area contributed by atoms with Gasteiger partial charge in [0.1, 0.15) is 24.2 Å². The predicted octanol–water partition coefficient (Wildman–Crippen LogP) is 4.13. The summed E-state index contributed by atoms with van der Waals surface area (Å²) in [6.07, 6.45) is 5.20. The summed E-state index contributed by atoms with van der Waals surface area (Å²) >= 11 is 1.16. The number of aryl methyl sites for hydroxylation is 2. The third kappa shape index (κ3) is 16.0. The summed E-state index contributed by atoms with van der Waals surface area (Å²) in [5.74, 6) is -3.96. The molecule has 9 atom stereocenters. The van der Waals surface area contributed by atoms with E-state index in [0.717, 1.165) is 71.7 Å². The molecule has 0 saturated carbocycles. The molecule has 2 aliphatic heterocycles. The fourth-order valence-corrected chi connectivity index (χ4v) is 13.0. The maximum Gasteiger partial charge on any atom is 0.255 e. The van der Waals surface area contributed by atoms with Crippen LogP contribution in [0.5, 0.6) is 0 Å². The van der Waals surface area contributed by atoms with Gasteiger partial charge in [0.25, 0.3) is 11.8 Å². The Morgan fingerprint density at radius 2 is 1.16 bits per heavy atom. The van der Waals surface area contributed by atoms with Crippen LogP contribution in [-0.4, -0.2) is 155 Å². The molecule has 1 saturated heterocycles. The van der Waals surface area contributed by atoms with Crippen LogP contribution < -0.4 is 47.9 Å². The van der Waals surface area contributed by atoms with Gasteiger partial charge >= 0.3 is 0 Å². The molecule has 8 rings (SSSR count). The van der Waals surface area contributed by atoms with Crippen molar-refractivity contribution in [2.24, 2.45) is 5.41 Å². The molecule has 0 bridgehead atoms. The Balaban J connectivity index is 0.995. The third-order valence-electron chi connectivity index (χ3n) is 17.5. The van der Waals surface area contributed by atoms with E-state index in [1.54, 1.807) is 53.9 Å². The number of likely N-dealkylation sites (tertiary alicyclic amines) is 1. The number of thioether (sulfide) groups is 1. The summed E-state index contributed by atoms with van der Waals surface area (Å²) in [6, 6.07) is 20.7. The largest absolute Gasteiger partial charge is 0.395 e. The van der Waals surface area contributed by atoms with Gasteiger partial charge in [-0.05, 0) is 162 Å². The number of aliphatic hydroxyl groups excluding tert-OH is 1. The van der Waals surface area contributed by atoms with Gasteiger partial charge in [-0.1, -0.05) is 75.4 Å². The lowest BCUT2D eigenvalue weighted by Gasteiger charge is -2.42. The van der Waals surface area contributed by atoms with E-state index in [-0.39, 0.29) is 91.7 Å². The van der Waals surface area contributed by atoms with Crippen LogP contribution in [0.15, 0.2) is 91.0 Å². The number of aliphatic hydroxyl groups is 1. The molecule has 10 N–H and O–H groups in total. The van der Waals surface area contributed by atoms with E-state index in [1.807, 2.05) is 63.2 Å². The highest BCUT2D eigenvalue weighted by molar-refractivity contribution is 8.01. The first kappa shape index (κ1) is 66.3. The quantitative estimate of drug-likeness (QED) is 0.0531. The summed E-state index contributed by atoms with van der Waals surface area (Å²) in [4.78, 5) is 130. The standard InChI is InChI=1S/C66H87N11O10S/c1-38(67-8)57(80)74-55(65(3,4)5)63(86)77-36-47(34-53(77)62(85)73-51-23-15-19-41-17-11-13-21-49(41)51)71-60(83)43-26-24-42(25-27-43)59(82)70-46-29-28-44-33-52(61(84)72-50-22-14-18-40-16-10-12-20-48(40)50)76(35-45(44)32-46)64(87)56(75-58(81)39(2)68-9)66(6,7)88-37-54(79)69-30-31-78/h10-13,16-17,20-21,24-29,32,38-39,47,50-53,55-56,67-68,78H,14-15,18-19,22-23,30-31,33-37H2,1-9H3,(H,69,79)(H,70,82)(H,71,83)(H,72,84)(H,73,85)(H,74,80)(H,75,81)/t38-,39-,47-,50+,51+,52-,53-,55+,56+/m0/s1. The van der Waals surface area contributed by atoms with Crippen LogP contribution in [0, 0.1) is 5.41 Å². The molecule has 21 nitrogen and oxygen atoms in total. The van der Waals surface area contributed by atoms with Crippen LogP contribution in [0.2, 0.25) is 0 Å². The number of nitrogens with zero attached hydrogens (tertiary/aromatic N) is 2. The van der Waals surface area contributed by atoms with Gasteiger partial charge in [-0.15, -0.1) is 11.8 Å². The van der Waals surface area contributed by atoms with Crippen molar-refractivity contribution in [2.45, 2.75) is 166 Å². The average Bonchev–Trinajstić information content (AvgIpc) is 2.62. The van der Waals surface area contributed by atoms with Crippen molar-refractivity contribution < 1.29 is 48.3 Å². The first-order valence-corrected chi connectivity index (χ1v) is 31.6. The van der Waals surface area contributed by atoms with Gasteiger partial charge in [0.2, 0.25) is 41.4 Å². The van der Waals surface area contributed by atoms with Crippen LogP contribution >= 0.6 is 11.8 Å². The molecular formula is C66H87N11O10S. The third-order valence-corrected chi connectivity index (χ3v) is 18.9. The lowest BCUT2D eigenvalue weighted by molar-refractivity contribution is -0.145. The van der Waals surface area contributed by atoms with Gasteiger partial charge in [-0.3, -0.25) is 43.2 Å². The topological polar surface area (TPSA) is 289 Å². The van der Waals surface area contributed by atoms with Crippen molar-refractivity contribution in [2.75, 3.05) is 44.9 Å². The van der Waals surface area contributed by atoms with E-state index >= 15 is 4.79 Å². The number of likely N-dealkylation sites (N-methyl/N-ethyl adjacent to an activating group) is 2. The van der Waals surface area contributed by atoms with Crippen molar-refractivity contribution >= 4 is 70.6 Å². The maximum atomic E-state index is 15.4. The summed E-state index contributed by atoms with van der Waals surface area (Å²) < 4.78 is -1.10. The van der Waals surface area contributed by atoms with Gasteiger partial charge < -0.3 is 62.8 Å². The number of carbonyl (C=O) groups is 9. The summed E-state index contributed by atoms with van der Waals surface area (Å²) in [5.41, 5.74) is 5.90. The van der Waals surface area contributed by atoms with Crippen LogP contribution in [0.3, 0.4) is 0 Å². The smallest absolute Gasteiger partial charge is 0.255 e. The minimum Gasteiger partial charge on any atom is -0.395 e. The second kappa shape index (κ2) is 29.1. The van der Waals surface area contributed by atoms with Crippen molar-refractivity contribution in [3.05, 3.63) is 136 Å².